The van der Waals surface area contributed by atoms with Gasteiger partial charge in [0.15, 0.2) is 0 Å². The quantitative estimate of drug-likeness (QED) is 0.696. The summed E-state index contributed by atoms with van der Waals surface area (Å²) in [5.41, 5.74) is 5.87. The van der Waals surface area contributed by atoms with E-state index in [0.29, 0.717) is 11.5 Å². The third-order valence-electron chi connectivity index (χ3n) is 4.46. The summed E-state index contributed by atoms with van der Waals surface area (Å²) in [6.45, 7) is 8.14. The van der Waals surface area contributed by atoms with Gasteiger partial charge in [-0.25, -0.2) is 9.97 Å². The van der Waals surface area contributed by atoms with E-state index in [1.165, 1.54) is 11.8 Å². The summed E-state index contributed by atoms with van der Waals surface area (Å²) in [6.07, 6.45) is 3.08. The van der Waals surface area contributed by atoms with Crippen LogP contribution in [-0.2, 0) is 0 Å². The van der Waals surface area contributed by atoms with E-state index in [1.54, 1.807) is 6.20 Å². The Morgan fingerprint density at radius 2 is 1.63 bits per heavy atom. The van der Waals surface area contributed by atoms with E-state index in [4.69, 9.17) is 0 Å². The van der Waals surface area contributed by atoms with Crippen molar-refractivity contribution in [1.29, 1.82) is 0 Å². The number of hydrogen-bond acceptors (Lipinski definition) is 4. The summed E-state index contributed by atoms with van der Waals surface area (Å²) in [6, 6.07) is 14.0. The van der Waals surface area contributed by atoms with Crippen molar-refractivity contribution in [2.24, 2.45) is 0 Å². The van der Waals surface area contributed by atoms with E-state index in [2.05, 4.69) is 53.5 Å². The van der Waals surface area contributed by atoms with Gasteiger partial charge in [0.05, 0.1) is 18.4 Å². The van der Waals surface area contributed by atoms with Gasteiger partial charge in [0.2, 0.25) is 0 Å². The molecule has 1 aromatic heterocycles. The summed E-state index contributed by atoms with van der Waals surface area (Å²) in [5, 5.41) is 6.24. The molecule has 0 aliphatic carbocycles. The standard InChI is InChI=1S/C22H24N4O/c1-14-10-15(2)21(16(3)11-14)26-20-13-23-19(12-24-20)22(27)25-17(4)18-8-6-5-7-9-18/h5-13,17H,1-4H3,(H,24,26)(H,25,27). The molecule has 3 aromatic rings. The van der Waals surface area contributed by atoms with Gasteiger partial charge in [-0.2, -0.15) is 0 Å². The first kappa shape index (κ1) is 18.6. The van der Waals surface area contributed by atoms with E-state index in [-0.39, 0.29) is 11.9 Å². The zero-order valence-corrected chi connectivity index (χ0v) is 16.1. The number of amides is 1. The molecule has 0 radical (unpaired) electrons. The van der Waals surface area contributed by atoms with E-state index < -0.39 is 0 Å². The summed E-state index contributed by atoms with van der Waals surface area (Å²) in [4.78, 5) is 21.0. The molecule has 3 rings (SSSR count). The normalized spacial score (nSPS) is 11.7. The zero-order chi connectivity index (χ0) is 19.4. The van der Waals surface area contributed by atoms with Gasteiger partial charge >= 0.3 is 0 Å². The van der Waals surface area contributed by atoms with Crippen molar-refractivity contribution in [1.82, 2.24) is 15.3 Å². The molecule has 1 atom stereocenters. The highest BCUT2D eigenvalue weighted by Crippen LogP contribution is 2.24. The highest BCUT2D eigenvalue weighted by Gasteiger charge is 2.13. The van der Waals surface area contributed by atoms with Crippen LogP contribution in [0.15, 0.2) is 54.9 Å². The predicted octanol–water partition coefficient (Wildman–Crippen LogP) is 4.64. The molecular formula is C22H24N4O. The first-order chi connectivity index (χ1) is 12.9. The van der Waals surface area contributed by atoms with Gasteiger partial charge in [-0.05, 0) is 44.4 Å². The number of aryl methyl sites for hydroxylation is 3. The van der Waals surface area contributed by atoms with Crippen molar-refractivity contribution in [3.8, 4) is 0 Å². The second-order valence-electron chi connectivity index (χ2n) is 6.79. The van der Waals surface area contributed by atoms with Crippen LogP contribution in [0.25, 0.3) is 0 Å². The van der Waals surface area contributed by atoms with Crippen molar-refractivity contribution in [3.63, 3.8) is 0 Å². The van der Waals surface area contributed by atoms with Crippen LogP contribution >= 0.6 is 0 Å². The fourth-order valence-corrected chi connectivity index (χ4v) is 3.11. The molecule has 1 unspecified atom stereocenters. The van der Waals surface area contributed by atoms with Crippen molar-refractivity contribution < 1.29 is 4.79 Å². The van der Waals surface area contributed by atoms with Crippen molar-refractivity contribution in [2.75, 3.05) is 5.32 Å². The van der Waals surface area contributed by atoms with E-state index in [9.17, 15) is 4.79 Å². The average Bonchev–Trinajstić information content (AvgIpc) is 2.65. The highest BCUT2D eigenvalue weighted by molar-refractivity contribution is 5.92. The number of carbonyl (C=O) groups excluding carboxylic acids is 1. The molecule has 5 nitrogen and oxygen atoms in total. The largest absolute Gasteiger partial charge is 0.344 e. The maximum atomic E-state index is 12.4. The summed E-state index contributed by atoms with van der Waals surface area (Å²) in [5.74, 6) is 0.366. The Morgan fingerprint density at radius 3 is 2.22 bits per heavy atom. The number of aromatic nitrogens is 2. The molecule has 1 amide bonds. The molecule has 138 valence electrons. The van der Waals surface area contributed by atoms with Crippen LogP contribution in [0, 0.1) is 20.8 Å². The minimum Gasteiger partial charge on any atom is -0.344 e. The minimum atomic E-state index is -0.242. The van der Waals surface area contributed by atoms with Crippen LogP contribution in [0.4, 0.5) is 11.5 Å². The molecule has 0 saturated carbocycles. The van der Waals surface area contributed by atoms with Crippen LogP contribution in [0.5, 0.6) is 0 Å². The van der Waals surface area contributed by atoms with Gasteiger partial charge in [-0.1, -0.05) is 48.0 Å². The van der Waals surface area contributed by atoms with Gasteiger partial charge in [0.25, 0.3) is 5.91 Å². The first-order valence-electron chi connectivity index (χ1n) is 8.97. The maximum Gasteiger partial charge on any atom is 0.271 e. The monoisotopic (exact) mass is 360 g/mol. The van der Waals surface area contributed by atoms with E-state index in [1.807, 2.05) is 37.3 Å². The lowest BCUT2D eigenvalue weighted by Crippen LogP contribution is -2.27. The average molecular weight is 360 g/mol. The Labute approximate surface area is 159 Å². The van der Waals surface area contributed by atoms with Crippen molar-refractivity contribution in [3.05, 3.63) is 82.8 Å². The Balaban J connectivity index is 1.69. The lowest BCUT2D eigenvalue weighted by Gasteiger charge is -2.15. The van der Waals surface area contributed by atoms with Gasteiger partial charge in [-0.15, -0.1) is 0 Å². The molecular weight excluding hydrogens is 336 g/mol. The summed E-state index contributed by atoms with van der Waals surface area (Å²) < 4.78 is 0. The number of nitrogens with zero attached hydrogens (tertiary/aromatic N) is 2. The maximum absolute atomic E-state index is 12.4. The van der Waals surface area contributed by atoms with Crippen LogP contribution in [-0.4, -0.2) is 15.9 Å². The fourth-order valence-electron chi connectivity index (χ4n) is 3.11. The molecule has 27 heavy (non-hydrogen) atoms. The van der Waals surface area contributed by atoms with Crippen molar-refractivity contribution in [2.45, 2.75) is 33.7 Å². The molecule has 0 saturated heterocycles. The lowest BCUT2D eigenvalue weighted by molar-refractivity contribution is 0.0934. The SMILES string of the molecule is Cc1cc(C)c(Nc2cnc(C(=O)NC(C)c3ccccc3)cn2)c(C)c1. The van der Waals surface area contributed by atoms with Gasteiger partial charge in [0, 0.05) is 5.69 Å². The highest BCUT2D eigenvalue weighted by atomic mass is 16.1. The van der Waals surface area contributed by atoms with Crippen LogP contribution in [0.2, 0.25) is 0 Å². The molecule has 0 fully saturated rings. The second kappa shape index (κ2) is 7.99. The molecule has 2 N–H and O–H groups in total. The molecule has 2 aromatic carbocycles. The number of benzene rings is 2. The van der Waals surface area contributed by atoms with E-state index >= 15 is 0 Å². The smallest absolute Gasteiger partial charge is 0.271 e. The number of hydrogen-bond donors (Lipinski definition) is 2. The number of rotatable bonds is 5. The fraction of sp³-hybridized carbons (Fsp3) is 0.227. The van der Waals surface area contributed by atoms with Gasteiger partial charge < -0.3 is 10.6 Å². The predicted molar refractivity (Wildman–Crippen MR) is 108 cm³/mol. The van der Waals surface area contributed by atoms with Gasteiger partial charge in [-0.3, -0.25) is 4.79 Å². The van der Waals surface area contributed by atoms with Crippen LogP contribution in [0.3, 0.4) is 0 Å². The minimum absolute atomic E-state index is 0.101. The summed E-state index contributed by atoms with van der Waals surface area (Å²) >= 11 is 0. The lowest BCUT2D eigenvalue weighted by atomic mass is 10.1. The second-order valence-corrected chi connectivity index (χ2v) is 6.79. The Bertz CT molecular complexity index is 913. The molecule has 5 heteroatoms. The van der Waals surface area contributed by atoms with Crippen LogP contribution < -0.4 is 10.6 Å². The third kappa shape index (κ3) is 4.50. The first-order valence-corrected chi connectivity index (χ1v) is 8.97. The number of carbonyl (C=O) groups is 1. The molecule has 1 heterocycles. The number of nitrogens with one attached hydrogen (secondary N) is 2. The zero-order valence-electron chi connectivity index (χ0n) is 16.1. The van der Waals surface area contributed by atoms with Gasteiger partial charge in [0.1, 0.15) is 11.5 Å². The number of anilines is 2. The molecule has 0 spiro atoms. The Kier molecular flexibility index (Phi) is 5.50. The van der Waals surface area contributed by atoms with Crippen LogP contribution in [0.1, 0.15) is 45.7 Å². The van der Waals surface area contributed by atoms with E-state index in [0.717, 1.165) is 22.4 Å². The molecule has 0 bridgehead atoms. The third-order valence-corrected chi connectivity index (χ3v) is 4.46. The summed E-state index contributed by atoms with van der Waals surface area (Å²) in [7, 11) is 0. The topological polar surface area (TPSA) is 66.9 Å². The Hall–Kier alpha value is -3.21. The van der Waals surface area contributed by atoms with Crippen molar-refractivity contribution >= 4 is 17.4 Å². The molecule has 0 aliphatic rings. The Morgan fingerprint density at radius 1 is 0.963 bits per heavy atom. The molecule has 0 aliphatic heterocycles.